The summed E-state index contributed by atoms with van der Waals surface area (Å²) in [6, 6.07) is -1.89. The van der Waals surface area contributed by atoms with E-state index in [-0.39, 0.29) is 0 Å². The smallest absolute Gasteiger partial charge is 0.472 e. The third-order valence-corrected chi connectivity index (χ3v) is 14.2. The van der Waals surface area contributed by atoms with E-state index in [4.69, 9.17) is 57.4 Å². The Morgan fingerprint density at radius 1 is 0.641 bits per heavy atom. The molecule has 0 aromatic rings. The minimum absolute atomic E-state index is 0.418. The van der Waals surface area contributed by atoms with E-state index in [0.717, 1.165) is 6.92 Å². The van der Waals surface area contributed by atoms with Crippen molar-refractivity contribution in [1.29, 1.82) is 0 Å². The average molecular weight is 1170 g/mol. The van der Waals surface area contributed by atoms with E-state index >= 15 is 0 Å². The number of ether oxygens (including phenoxy) is 9. The number of amides is 1. The van der Waals surface area contributed by atoms with Gasteiger partial charge in [0.05, 0.1) is 51.8 Å². The van der Waals surface area contributed by atoms with Crippen LogP contribution in [-0.2, 0) is 70.6 Å². The molecular formula is C40H69N2O35P. The second-order valence-electron chi connectivity index (χ2n) is 18.7. The Balaban J connectivity index is 1.66. The molecule has 5 heterocycles. The van der Waals surface area contributed by atoms with Gasteiger partial charge in [-0.25, -0.2) is 14.2 Å². The first-order valence-corrected chi connectivity index (χ1v) is 25.3. The molecule has 1 unspecified atom stereocenters. The Labute approximate surface area is 439 Å². The van der Waals surface area contributed by atoms with E-state index in [9.17, 15) is 121 Å². The number of nitrogens with one attached hydrogen (secondary N) is 1. The molecule has 0 aromatic heterocycles. The van der Waals surface area contributed by atoms with Crippen LogP contribution in [0.1, 0.15) is 19.8 Å². The fraction of sp³-hybridized carbons (Fsp3) is 0.925. The molecule has 0 spiro atoms. The average Bonchev–Trinajstić information content (AvgIpc) is 3.39. The molecule has 23 N–H and O–H groups in total. The summed E-state index contributed by atoms with van der Waals surface area (Å²) < 4.78 is 74.9. The van der Waals surface area contributed by atoms with Crippen LogP contribution in [0.25, 0.3) is 0 Å². The summed E-state index contributed by atoms with van der Waals surface area (Å²) in [4.78, 5) is 48.7. The number of carbonyl (C=O) groups excluding carboxylic acids is 1. The Kier molecular flexibility index (Phi) is 23.5. The molecule has 37 nitrogen and oxygen atoms in total. The van der Waals surface area contributed by atoms with Crippen molar-refractivity contribution in [2.45, 2.75) is 184 Å². The maximum absolute atomic E-state index is 13.4. The highest BCUT2D eigenvalue weighted by Crippen LogP contribution is 2.49. The summed E-state index contributed by atoms with van der Waals surface area (Å²) in [5.74, 6) is -12.3. The molecule has 0 aliphatic carbocycles. The number of hydrogen-bond donors (Lipinski definition) is 22. The summed E-state index contributed by atoms with van der Waals surface area (Å²) in [5.41, 5.74) is 5.41. The molecule has 5 fully saturated rings. The van der Waals surface area contributed by atoms with Crippen LogP contribution >= 0.6 is 7.82 Å². The number of aliphatic hydroxyl groups excluding tert-OH is 16. The quantitative estimate of drug-likeness (QED) is 0.0378. The van der Waals surface area contributed by atoms with E-state index in [0.29, 0.717) is 0 Å². The van der Waals surface area contributed by atoms with Crippen LogP contribution in [0.5, 0.6) is 0 Å². The van der Waals surface area contributed by atoms with E-state index in [1.165, 1.54) is 0 Å². The maximum Gasteiger partial charge on any atom is 0.472 e. The monoisotopic (exact) mass is 1170 g/mol. The van der Waals surface area contributed by atoms with Crippen molar-refractivity contribution in [3.63, 3.8) is 0 Å². The number of aliphatic carboxylic acids is 2. The van der Waals surface area contributed by atoms with Crippen LogP contribution in [0.2, 0.25) is 0 Å². The van der Waals surface area contributed by atoms with Crippen molar-refractivity contribution < 1.29 is 173 Å². The number of rotatable bonds is 25. The Hall–Kier alpha value is -2.56. The number of carboxylic acid groups (broad SMARTS) is 2. The predicted octanol–water partition coefficient (Wildman–Crippen LogP) is -13.3. The highest BCUT2D eigenvalue weighted by atomic mass is 31.2. The molecular weight excluding hydrogens is 1100 g/mol. The van der Waals surface area contributed by atoms with Crippen molar-refractivity contribution in [3.8, 4) is 0 Å². The topological polar surface area (TPSA) is 612 Å². The van der Waals surface area contributed by atoms with Crippen molar-refractivity contribution in [2.24, 2.45) is 5.73 Å². The zero-order valence-electron chi connectivity index (χ0n) is 40.9. The van der Waals surface area contributed by atoms with Crippen LogP contribution in [-0.4, -0.2) is 331 Å². The summed E-state index contributed by atoms with van der Waals surface area (Å²) >= 11 is 0. The van der Waals surface area contributed by atoms with Gasteiger partial charge in [0, 0.05) is 26.3 Å². The standard InChI is InChI=1S/C40H69N2O35P/c1-11(48)42-19-22(56)21(55)18(10-47)68-34(19)73-33-32(77-78(65,66)67-3-2-41)24(58)27(14(51)7-44)70-36(33)72-31-23(57)26(13(50)6-43)69-35(25(31)59)71-30-17(5-39(64,37(60)61)75-29(30)16(53)9-46)74-40(38(62)63)4-12(49)20(54)28(76-40)15(52)8-45/h12-36,43-47,49-59,64H,2-10,41H2,1H3,(H,42,48)(H,60,61)(H,62,63)(H,65,66)/t12-,13+,14+,15-,16-,17-,18-,19-,20-,21-,22-,23-,24-,25+,26-,27-,28-,29-,30-,31+,32+,33+,34-,35-,36-,39-,40-/m1/s1. The summed E-state index contributed by atoms with van der Waals surface area (Å²) in [6.45, 7) is -6.51. The Morgan fingerprint density at radius 3 is 1.69 bits per heavy atom. The third-order valence-electron chi connectivity index (χ3n) is 13.2. The molecule has 28 atom stereocenters. The molecule has 0 radical (unpaired) electrons. The van der Waals surface area contributed by atoms with Crippen molar-refractivity contribution in [1.82, 2.24) is 5.32 Å². The van der Waals surface area contributed by atoms with Gasteiger partial charge in [0.1, 0.15) is 122 Å². The Morgan fingerprint density at radius 2 is 1.17 bits per heavy atom. The minimum atomic E-state index is -5.51. The van der Waals surface area contributed by atoms with Crippen LogP contribution in [0.4, 0.5) is 0 Å². The highest BCUT2D eigenvalue weighted by molar-refractivity contribution is 7.47. The van der Waals surface area contributed by atoms with Gasteiger partial charge in [-0.15, -0.1) is 0 Å². The number of nitrogens with two attached hydrogens (primary N) is 1. The molecule has 0 aromatic carbocycles. The second kappa shape index (κ2) is 27.7. The van der Waals surface area contributed by atoms with Crippen LogP contribution < -0.4 is 11.1 Å². The molecule has 78 heavy (non-hydrogen) atoms. The van der Waals surface area contributed by atoms with Gasteiger partial charge in [-0.05, 0) is 0 Å². The number of phosphoric ester groups is 1. The molecule has 38 heteroatoms. The van der Waals surface area contributed by atoms with Crippen molar-refractivity contribution >= 4 is 25.7 Å². The van der Waals surface area contributed by atoms with Gasteiger partial charge in [-0.3, -0.25) is 13.8 Å². The highest BCUT2D eigenvalue weighted by Gasteiger charge is 2.63. The summed E-state index contributed by atoms with van der Waals surface area (Å²) in [5, 5.41) is 206. The molecule has 5 aliphatic heterocycles. The number of phosphoric acid groups is 1. The fourth-order valence-corrected chi connectivity index (χ4v) is 10.2. The zero-order chi connectivity index (χ0) is 58.5. The van der Waals surface area contributed by atoms with E-state index < -0.39 is 249 Å². The van der Waals surface area contributed by atoms with Crippen LogP contribution in [0, 0.1) is 0 Å². The van der Waals surface area contributed by atoms with Gasteiger partial charge in [0.2, 0.25) is 5.91 Å². The first kappa shape index (κ1) is 66.2. The second-order valence-corrected chi connectivity index (χ2v) is 20.1. The molecule has 5 rings (SSSR count). The number of hydrogen-bond acceptors (Lipinski definition) is 33. The lowest BCUT2D eigenvalue weighted by atomic mass is 9.89. The van der Waals surface area contributed by atoms with Crippen LogP contribution in [0.3, 0.4) is 0 Å². The first-order valence-electron chi connectivity index (χ1n) is 23.8. The largest absolute Gasteiger partial charge is 0.477 e. The summed E-state index contributed by atoms with van der Waals surface area (Å²) in [7, 11) is -5.51. The maximum atomic E-state index is 13.4. The zero-order valence-corrected chi connectivity index (χ0v) is 41.8. The molecule has 0 saturated carbocycles. The van der Waals surface area contributed by atoms with Gasteiger partial charge < -0.3 is 156 Å². The molecule has 5 aliphatic rings. The van der Waals surface area contributed by atoms with E-state index in [2.05, 4.69) is 5.32 Å². The van der Waals surface area contributed by atoms with Gasteiger partial charge in [-0.1, -0.05) is 0 Å². The van der Waals surface area contributed by atoms with Crippen molar-refractivity contribution in [3.05, 3.63) is 0 Å². The number of aliphatic hydroxyl groups is 17. The minimum Gasteiger partial charge on any atom is -0.477 e. The predicted molar refractivity (Wildman–Crippen MR) is 236 cm³/mol. The normalized spacial score (nSPS) is 43.9. The van der Waals surface area contributed by atoms with E-state index in [1.54, 1.807) is 0 Å². The Bertz CT molecular complexity index is 2010. The lowest BCUT2D eigenvalue weighted by molar-refractivity contribution is -0.406. The SMILES string of the molecule is CC(=O)N[C@H]1[C@@H](O[C@@H]2[C@@H](O[C@@H]3[C@H](O)[C@@H](O[C@H]4[C@@H]([C@H](O)CO)O[C@@](O)(C(=O)O)C[C@H]4O[C@]4(C(=O)O)C[C@@H](O)[C@@H](O)[C@@H]([C@H](O)CO)O4)O[C@H]([C@@H](O)CO)[C@H]3O)O[C@H]([C@@H](O)CO)[C@@H](O)[C@@H]2OP(=O)(O)OCCN)O[C@H](CO)[C@@H](O)[C@@H]1O. The van der Waals surface area contributed by atoms with Gasteiger partial charge in [0.15, 0.2) is 18.9 Å². The lowest BCUT2D eigenvalue weighted by Gasteiger charge is -2.52. The fourth-order valence-electron chi connectivity index (χ4n) is 9.23. The number of carbonyl (C=O) groups is 3. The van der Waals surface area contributed by atoms with Gasteiger partial charge >= 0.3 is 19.8 Å². The summed E-state index contributed by atoms with van der Waals surface area (Å²) in [6.07, 6.45) is -58.7. The van der Waals surface area contributed by atoms with E-state index in [1.807, 2.05) is 0 Å². The lowest BCUT2D eigenvalue weighted by Crippen LogP contribution is -2.71. The number of carboxylic acids is 2. The first-order chi connectivity index (χ1) is 36.5. The molecule has 0 bridgehead atoms. The van der Waals surface area contributed by atoms with Gasteiger partial charge in [0.25, 0.3) is 11.6 Å². The van der Waals surface area contributed by atoms with Crippen molar-refractivity contribution in [2.75, 3.05) is 46.2 Å². The molecule has 454 valence electrons. The van der Waals surface area contributed by atoms with Crippen LogP contribution in [0.15, 0.2) is 0 Å². The molecule has 1 amide bonds. The van der Waals surface area contributed by atoms with Gasteiger partial charge in [-0.2, -0.15) is 0 Å². The molecule has 5 saturated heterocycles. The third kappa shape index (κ3) is 14.6.